The van der Waals surface area contributed by atoms with E-state index < -0.39 is 0 Å². The fourth-order valence-corrected chi connectivity index (χ4v) is 5.45. The largest absolute Gasteiger partial charge is 0.334 e. The van der Waals surface area contributed by atoms with Crippen molar-refractivity contribution in [3.8, 4) is 10.4 Å². The maximum absolute atomic E-state index is 13.7. The average Bonchev–Trinajstić information content (AvgIpc) is 3.38. The maximum atomic E-state index is 13.7. The van der Waals surface area contributed by atoms with E-state index in [0.717, 1.165) is 64.6 Å². The maximum Gasteiger partial charge on any atom is 0.274 e. The van der Waals surface area contributed by atoms with Crippen LogP contribution in [0.5, 0.6) is 0 Å². The molecule has 0 spiro atoms. The Morgan fingerprint density at radius 2 is 1.97 bits per heavy atom. The molecule has 5 rings (SSSR count). The van der Waals surface area contributed by atoms with Gasteiger partial charge in [-0.1, -0.05) is 18.2 Å². The van der Waals surface area contributed by atoms with Crippen molar-refractivity contribution in [2.24, 2.45) is 0 Å². The number of imidazole rings is 1. The molecule has 3 aromatic heterocycles. The van der Waals surface area contributed by atoms with Crippen molar-refractivity contribution in [3.05, 3.63) is 76.6 Å². The Bertz CT molecular complexity index is 1280. The number of hydrogen-bond donors (Lipinski definition) is 0. The number of carbonyl (C=O) groups is 1. The number of rotatable bonds is 4. The van der Waals surface area contributed by atoms with Gasteiger partial charge in [0.1, 0.15) is 17.2 Å². The van der Waals surface area contributed by atoms with Crippen LogP contribution in [0.25, 0.3) is 16.1 Å². The van der Waals surface area contributed by atoms with Crippen LogP contribution in [-0.2, 0) is 6.42 Å². The molecule has 4 aromatic rings. The van der Waals surface area contributed by atoms with E-state index in [0.29, 0.717) is 5.69 Å². The molecule has 1 amide bonds. The first-order chi connectivity index (χ1) is 15.5. The molecule has 164 valence electrons. The van der Waals surface area contributed by atoms with Gasteiger partial charge in [-0.3, -0.25) is 4.79 Å². The van der Waals surface area contributed by atoms with E-state index >= 15 is 0 Å². The molecule has 0 aliphatic carbocycles. The average molecular weight is 449 g/mol. The van der Waals surface area contributed by atoms with Crippen LogP contribution in [-0.4, -0.2) is 37.8 Å². The summed E-state index contributed by atoms with van der Waals surface area (Å²) in [6.07, 6.45) is 7.84. The van der Waals surface area contributed by atoms with Gasteiger partial charge in [-0.25, -0.2) is 14.4 Å². The summed E-state index contributed by atoms with van der Waals surface area (Å²) in [6, 6.07) is 10.4. The lowest BCUT2D eigenvalue weighted by Crippen LogP contribution is -2.45. The molecule has 7 heteroatoms. The number of halogens is 1. The summed E-state index contributed by atoms with van der Waals surface area (Å²) in [5.74, 6) is -0.333. The third kappa shape index (κ3) is 3.93. The third-order valence-corrected chi connectivity index (χ3v) is 7.12. The van der Waals surface area contributed by atoms with Gasteiger partial charge in [0.25, 0.3) is 5.91 Å². The van der Waals surface area contributed by atoms with Crippen LogP contribution in [0.2, 0.25) is 0 Å². The van der Waals surface area contributed by atoms with Crippen molar-refractivity contribution in [1.29, 1.82) is 0 Å². The van der Waals surface area contributed by atoms with Gasteiger partial charge in [-0.2, -0.15) is 0 Å². The van der Waals surface area contributed by atoms with Crippen molar-refractivity contribution in [2.75, 3.05) is 6.54 Å². The van der Waals surface area contributed by atoms with Gasteiger partial charge in [0.15, 0.2) is 0 Å². The Kier molecular flexibility index (Phi) is 5.51. The molecule has 0 N–H and O–H groups in total. The van der Waals surface area contributed by atoms with Crippen LogP contribution >= 0.6 is 11.3 Å². The number of aryl methyl sites for hydroxylation is 2. The van der Waals surface area contributed by atoms with Crippen LogP contribution < -0.4 is 0 Å². The predicted molar refractivity (Wildman–Crippen MR) is 125 cm³/mol. The monoisotopic (exact) mass is 448 g/mol. The molecule has 32 heavy (non-hydrogen) atoms. The number of benzene rings is 1. The van der Waals surface area contributed by atoms with E-state index in [2.05, 4.69) is 28.6 Å². The highest BCUT2D eigenvalue weighted by Gasteiger charge is 2.31. The smallest absolute Gasteiger partial charge is 0.274 e. The summed E-state index contributed by atoms with van der Waals surface area (Å²) in [4.78, 5) is 25.9. The fraction of sp³-hybridized carbons (Fsp3) is 0.320. The number of thiazole rings is 1. The topological polar surface area (TPSA) is 50.5 Å². The van der Waals surface area contributed by atoms with Gasteiger partial charge in [0.2, 0.25) is 0 Å². The molecule has 1 aliphatic rings. The number of nitrogens with zero attached hydrogens (tertiary/aromatic N) is 4. The highest BCUT2D eigenvalue weighted by molar-refractivity contribution is 7.15. The van der Waals surface area contributed by atoms with Crippen molar-refractivity contribution < 1.29 is 9.18 Å². The highest BCUT2D eigenvalue weighted by atomic mass is 32.1. The van der Waals surface area contributed by atoms with Crippen molar-refractivity contribution >= 4 is 22.9 Å². The molecule has 0 saturated carbocycles. The lowest BCUT2D eigenvalue weighted by Gasteiger charge is -2.35. The van der Waals surface area contributed by atoms with Gasteiger partial charge >= 0.3 is 0 Å². The van der Waals surface area contributed by atoms with Crippen LogP contribution in [0.1, 0.15) is 46.0 Å². The lowest BCUT2D eigenvalue weighted by atomic mass is 9.97. The molecular formula is C25H25FN4OS. The molecule has 0 unspecified atom stereocenters. The Balaban J connectivity index is 1.44. The molecule has 1 aromatic carbocycles. The molecule has 1 fully saturated rings. The highest BCUT2D eigenvalue weighted by Crippen LogP contribution is 2.33. The van der Waals surface area contributed by atoms with E-state index in [1.807, 2.05) is 24.1 Å². The fourth-order valence-electron chi connectivity index (χ4n) is 4.53. The second-order valence-corrected chi connectivity index (χ2v) is 9.63. The van der Waals surface area contributed by atoms with Crippen LogP contribution in [0, 0.1) is 19.7 Å². The summed E-state index contributed by atoms with van der Waals surface area (Å²) in [5, 5.41) is 0.831. The standard InChI is InChI=1S/C25H25FN4OS/c1-16-6-5-12-29-15-20(28-24(16)29)14-21-7-3-4-13-30(21)25(31)22-23(32-17(2)27-22)18-8-10-19(26)11-9-18/h5-6,8-12,15,21H,3-4,7,13-14H2,1-2H3/t21-/m0/s1. The zero-order valence-electron chi connectivity index (χ0n) is 18.2. The number of piperidine rings is 1. The predicted octanol–water partition coefficient (Wildman–Crippen LogP) is 5.45. The Labute approximate surface area is 190 Å². The number of amides is 1. The zero-order valence-corrected chi connectivity index (χ0v) is 19.0. The molecule has 1 atom stereocenters. The van der Waals surface area contributed by atoms with Gasteiger partial charge in [-0.15, -0.1) is 11.3 Å². The quantitative estimate of drug-likeness (QED) is 0.417. The molecule has 4 heterocycles. The van der Waals surface area contributed by atoms with Crippen LogP contribution in [0.15, 0.2) is 48.8 Å². The molecular weight excluding hydrogens is 423 g/mol. The molecule has 0 bridgehead atoms. The van der Waals surface area contributed by atoms with E-state index in [-0.39, 0.29) is 17.8 Å². The summed E-state index contributed by atoms with van der Waals surface area (Å²) in [6.45, 7) is 4.68. The number of fused-ring (bicyclic) bond motifs is 1. The van der Waals surface area contributed by atoms with E-state index in [9.17, 15) is 9.18 Å². The van der Waals surface area contributed by atoms with Gasteiger partial charge in [0.05, 0.1) is 15.6 Å². The van der Waals surface area contributed by atoms with Crippen molar-refractivity contribution in [1.82, 2.24) is 19.3 Å². The summed E-state index contributed by atoms with van der Waals surface area (Å²) in [7, 11) is 0. The van der Waals surface area contributed by atoms with Crippen LogP contribution in [0.4, 0.5) is 4.39 Å². The number of likely N-dealkylation sites (tertiary alicyclic amines) is 1. The normalized spacial score (nSPS) is 16.6. The summed E-state index contributed by atoms with van der Waals surface area (Å²) < 4.78 is 15.5. The molecule has 1 aliphatic heterocycles. The zero-order chi connectivity index (χ0) is 22.2. The first kappa shape index (κ1) is 20.8. The number of carbonyl (C=O) groups excluding carboxylic acids is 1. The van der Waals surface area contributed by atoms with Gasteiger partial charge in [-0.05, 0) is 62.4 Å². The van der Waals surface area contributed by atoms with Crippen LogP contribution in [0.3, 0.4) is 0 Å². The van der Waals surface area contributed by atoms with Crippen molar-refractivity contribution in [2.45, 2.75) is 45.6 Å². The Morgan fingerprint density at radius 1 is 1.16 bits per heavy atom. The number of hydrogen-bond acceptors (Lipinski definition) is 4. The van der Waals surface area contributed by atoms with Gasteiger partial charge in [0, 0.05) is 31.4 Å². The second kappa shape index (κ2) is 8.47. The van der Waals surface area contributed by atoms with E-state index in [1.54, 1.807) is 12.1 Å². The SMILES string of the molecule is Cc1nc(C(=O)N2CCCC[C@H]2Cc2cn3cccc(C)c3n2)c(-c2ccc(F)cc2)s1. The van der Waals surface area contributed by atoms with E-state index in [1.165, 1.54) is 23.5 Å². The van der Waals surface area contributed by atoms with Gasteiger partial charge < -0.3 is 9.30 Å². The number of aromatic nitrogens is 3. The molecule has 5 nitrogen and oxygen atoms in total. The first-order valence-corrected chi connectivity index (χ1v) is 11.8. The van der Waals surface area contributed by atoms with E-state index in [4.69, 9.17) is 4.98 Å². The second-order valence-electron chi connectivity index (χ2n) is 8.42. The Hall–Kier alpha value is -3.06. The van der Waals surface area contributed by atoms with Crippen molar-refractivity contribution in [3.63, 3.8) is 0 Å². The summed E-state index contributed by atoms with van der Waals surface area (Å²) in [5.41, 5.74) is 4.39. The lowest BCUT2D eigenvalue weighted by molar-refractivity contribution is 0.0608. The Morgan fingerprint density at radius 3 is 2.75 bits per heavy atom. The summed E-state index contributed by atoms with van der Waals surface area (Å²) >= 11 is 1.48. The minimum absolute atomic E-state index is 0.0432. The minimum Gasteiger partial charge on any atom is -0.334 e. The third-order valence-electron chi connectivity index (χ3n) is 6.10. The minimum atomic E-state index is -0.290. The first-order valence-electron chi connectivity index (χ1n) is 11.0. The number of pyridine rings is 1. The molecule has 0 radical (unpaired) electrons. The molecule has 1 saturated heterocycles.